The van der Waals surface area contributed by atoms with Crippen LogP contribution in [0.3, 0.4) is 0 Å². The van der Waals surface area contributed by atoms with Crippen molar-refractivity contribution in [2.75, 3.05) is 13.2 Å². The Morgan fingerprint density at radius 2 is 1.77 bits per heavy atom. The van der Waals surface area contributed by atoms with E-state index in [0.29, 0.717) is 31.5 Å². The molecule has 5 heteroatoms. The number of ether oxygens (including phenoxy) is 2. The number of amides is 2. The fraction of sp³-hybridized carbons (Fsp3) is 0.857. The molecular formula is C21H40N2O3. The molecule has 1 aliphatic rings. The lowest BCUT2D eigenvalue weighted by Crippen LogP contribution is -2.53. The average Bonchev–Trinajstić information content (AvgIpc) is 3.35. The van der Waals surface area contributed by atoms with Crippen molar-refractivity contribution in [3.8, 4) is 0 Å². The lowest BCUT2D eigenvalue weighted by atomic mass is 9.83. The molecule has 1 saturated carbocycles. The molecule has 1 rings (SSSR count). The third-order valence-electron chi connectivity index (χ3n) is 5.63. The van der Waals surface area contributed by atoms with E-state index in [1.165, 1.54) is 12.8 Å². The summed E-state index contributed by atoms with van der Waals surface area (Å²) in [4.78, 5) is 12.4. The number of carbonyl (C=O) groups excluding carboxylic acids is 1. The summed E-state index contributed by atoms with van der Waals surface area (Å²) in [7, 11) is 0. The molecule has 0 aromatic heterocycles. The number of hydrogen-bond donors (Lipinski definition) is 2. The van der Waals surface area contributed by atoms with Crippen LogP contribution in [0.15, 0.2) is 12.5 Å². The highest BCUT2D eigenvalue weighted by atomic mass is 16.7. The molecule has 2 N–H and O–H groups in total. The highest BCUT2D eigenvalue weighted by Gasteiger charge is 2.29. The van der Waals surface area contributed by atoms with Crippen LogP contribution in [0.25, 0.3) is 0 Å². The summed E-state index contributed by atoms with van der Waals surface area (Å²) in [5, 5.41) is 6.20. The Kier molecular flexibility index (Phi) is 8.29. The smallest absolute Gasteiger partial charge is 0.315 e. The van der Waals surface area contributed by atoms with E-state index in [4.69, 9.17) is 9.47 Å². The average molecular weight is 369 g/mol. The molecule has 1 unspecified atom stereocenters. The van der Waals surface area contributed by atoms with Crippen LogP contribution < -0.4 is 10.6 Å². The van der Waals surface area contributed by atoms with E-state index in [9.17, 15) is 4.79 Å². The number of urea groups is 1. The second kappa shape index (κ2) is 9.52. The quantitative estimate of drug-likeness (QED) is 0.514. The van der Waals surface area contributed by atoms with Crippen molar-refractivity contribution in [3.63, 3.8) is 0 Å². The third-order valence-corrected chi connectivity index (χ3v) is 5.63. The Morgan fingerprint density at radius 3 is 2.27 bits per heavy atom. The molecule has 0 aromatic rings. The first-order valence-corrected chi connectivity index (χ1v) is 9.97. The van der Waals surface area contributed by atoms with E-state index < -0.39 is 0 Å². The number of nitrogens with one attached hydrogen (secondary N) is 2. The maximum Gasteiger partial charge on any atom is 0.315 e. The molecule has 1 aliphatic carbocycles. The van der Waals surface area contributed by atoms with Gasteiger partial charge in [0.1, 0.15) is 0 Å². The first-order chi connectivity index (χ1) is 12.0. The lowest BCUT2D eigenvalue weighted by molar-refractivity contribution is 0.0259. The van der Waals surface area contributed by atoms with E-state index in [-0.39, 0.29) is 28.9 Å². The minimum absolute atomic E-state index is 0.00401. The van der Waals surface area contributed by atoms with Gasteiger partial charge in [-0.1, -0.05) is 41.5 Å². The van der Waals surface area contributed by atoms with Gasteiger partial charge < -0.3 is 20.1 Å². The van der Waals surface area contributed by atoms with Gasteiger partial charge >= 0.3 is 6.03 Å². The fourth-order valence-electron chi connectivity index (χ4n) is 2.45. The third kappa shape index (κ3) is 8.33. The van der Waals surface area contributed by atoms with Gasteiger partial charge in [-0.25, -0.2) is 4.79 Å². The van der Waals surface area contributed by atoms with Crippen molar-refractivity contribution in [2.24, 2.45) is 16.7 Å². The van der Waals surface area contributed by atoms with Crippen LogP contribution >= 0.6 is 0 Å². The molecule has 0 aliphatic heterocycles. The second-order valence-electron chi connectivity index (χ2n) is 9.36. The molecule has 0 heterocycles. The van der Waals surface area contributed by atoms with Crippen molar-refractivity contribution in [3.05, 3.63) is 12.5 Å². The van der Waals surface area contributed by atoms with Crippen LogP contribution in [-0.2, 0) is 9.47 Å². The normalized spacial score (nSPS) is 17.2. The lowest BCUT2D eigenvalue weighted by Gasteiger charge is -2.35. The number of carbonyl (C=O) groups is 1. The summed E-state index contributed by atoms with van der Waals surface area (Å²) < 4.78 is 11.1. The van der Waals surface area contributed by atoms with Crippen molar-refractivity contribution >= 4 is 6.03 Å². The highest BCUT2D eigenvalue weighted by Crippen LogP contribution is 2.29. The van der Waals surface area contributed by atoms with Gasteiger partial charge in [-0.3, -0.25) is 0 Å². The molecule has 0 bridgehead atoms. The zero-order chi connectivity index (χ0) is 20.0. The predicted octanol–water partition coefficient (Wildman–Crippen LogP) is 4.83. The number of hydrogen-bond acceptors (Lipinski definition) is 3. The van der Waals surface area contributed by atoms with Crippen LogP contribution in [0.5, 0.6) is 0 Å². The Bertz CT molecular complexity index is 464. The molecule has 0 saturated heterocycles. The molecule has 152 valence electrons. The Balaban J connectivity index is 2.42. The molecule has 0 aromatic carbocycles. The SMILES string of the molecule is C=C(OCC[C@@H](NC(=O)NC(C)C(C)(C)CC)C(C)(C)C)OCC1CC1. The largest absolute Gasteiger partial charge is 0.466 e. The molecule has 26 heavy (non-hydrogen) atoms. The van der Waals surface area contributed by atoms with Gasteiger partial charge in [-0.05, 0) is 49.5 Å². The molecule has 0 radical (unpaired) electrons. The Labute approximate surface area is 160 Å². The summed E-state index contributed by atoms with van der Waals surface area (Å²) in [5.74, 6) is 1.06. The molecule has 5 nitrogen and oxygen atoms in total. The Hall–Kier alpha value is -1.39. The minimum atomic E-state index is -0.122. The van der Waals surface area contributed by atoms with Crippen LogP contribution in [0.1, 0.15) is 74.1 Å². The molecule has 2 atom stereocenters. The van der Waals surface area contributed by atoms with Crippen LogP contribution in [0.4, 0.5) is 4.79 Å². The zero-order valence-corrected chi connectivity index (χ0v) is 17.9. The molecule has 1 fully saturated rings. The zero-order valence-electron chi connectivity index (χ0n) is 17.9. The molecular weight excluding hydrogens is 328 g/mol. The van der Waals surface area contributed by atoms with Crippen LogP contribution in [0.2, 0.25) is 0 Å². The van der Waals surface area contributed by atoms with Crippen molar-refractivity contribution in [2.45, 2.75) is 86.2 Å². The number of rotatable bonds is 11. The van der Waals surface area contributed by atoms with E-state index in [2.05, 4.69) is 65.7 Å². The predicted molar refractivity (Wildman–Crippen MR) is 107 cm³/mol. The monoisotopic (exact) mass is 368 g/mol. The summed E-state index contributed by atoms with van der Waals surface area (Å²) in [6.07, 6.45) is 4.19. The van der Waals surface area contributed by atoms with Crippen LogP contribution in [0, 0.1) is 16.7 Å². The summed E-state index contributed by atoms with van der Waals surface area (Å²) in [6.45, 7) is 19.9. The van der Waals surface area contributed by atoms with E-state index >= 15 is 0 Å². The van der Waals surface area contributed by atoms with Gasteiger partial charge in [0, 0.05) is 18.5 Å². The highest BCUT2D eigenvalue weighted by molar-refractivity contribution is 5.74. The minimum Gasteiger partial charge on any atom is -0.466 e. The summed E-state index contributed by atoms with van der Waals surface area (Å²) >= 11 is 0. The Morgan fingerprint density at radius 1 is 1.15 bits per heavy atom. The van der Waals surface area contributed by atoms with E-state index in [1.54, 1.807) is 0 Å². The van der Waals surface area contributed by atoms with Gasteiger partial charge in [0.2, 0.25) is 0 Å². The van der Waals surface area contributed by atoms with Gasteiger partial charge in [0.25, 0.3) is 5.95 Å². The maximum atomic E-state index is 12.4. The van der Waals surface area contributed by atoms with Gasteiger partial charge in [-0.2, -0.15) is 0 Å². The topological polar surface area (TPSA) is 59.6 Å². The van der Waals surface area contributed by atoms with E-state index in [0.717, 1.165) is 6.42 Å². The summed E-state index contributed by atoms with van der Waals surface area (Å²) in [5.41, 5.74) is -0.00522. The molecule has 2 amide bonds. The standard InChI is InChI=1S/C21H40N2O3/c1-9-21(7,8)15(2)22-19(24)23-18(20(4,5)6)12-13-25-16(3)26-14-17-10-11-17/h15,17-18H,3,9-14H2,1-2,4-8H3,(H2,22,23,24)/t15?,18-/m1/s1. The summed E-state index contributed by atoms with van der Waals surface area (Å²) in [6, 6.07) is -0.0293. The van der Waals surface area contributed by atoms with E-state index in [1.807, 2.05) is 0 Å². The fourth-order valence-corrected chi connectivity index (χ4v) is 2.45. The van der Waals surface area contributed by atoms with Gasteiger partial charge in [0.05, 0.1) is 13.2 Å². The first-order valence-electron chi connectivity index (χ1n) is 9.97. The maximum absolute atomic E-state index is 12.4. The van der Waals surface area contributed by atoms with Crippen molar-refractivity contribution in [1.82, 2.24) is 10.6 Å². The molecule has 0 spiro atoms. The van der Waals surface area contributed by atoms with Gasteiger partial charge in [0.15, 0.2) is 0 Å². The first kappa shape index (κ1) is 22.7. The van der Waals surface area contributed by atoms with Gasteiger partial charge in [-0.15, -0.1) is 0 Å². The van der Waals surface area contributed by atoms with Crippen molar-refractivity contribution < 1.29 is 14.3 Å². The van der Waals surface area contributed by atoms with Crippen molar-refractivity contribution in [1.29, 1.82) is 0 Å². The second-order valence-corrected chi connectivity index (χ2v) is 9.36. The van der Waals surface area contributed by atoms with Crippen LogP contribution in [-0.4, -0.2) is 31.3 Å².